The molecule has 1 aromatic heterocycles. The van der Waals surface area contributed by atoms with Crippen molar-refractivity contribution in [2.75, 3.05) is 18.0 Å². The van der Waals surface area contributed by atoms with Gasteiger partial charge in [-0.1, -0.05) is 36.6 Å². The van der Waals surface area contributed by atoms with Crippen LogP contribution in [0.2, 0.25) is 0 Å². The second-order valence-electron chi connectivity index (χ2n) is 5.19. The molecule has 2 aromatic rings. The fraction of sp³-hybridized carbons (Fsp3) is 0.462. The smallest absolute Gasteiger partial charge is 0.250 e. The molecule has 100 valence electrons. The van der Waals surface area contributed by atoms with Crippen molar-refractivity contribution in [2.24, 2.45) is 5.73 Å². The minimum atomic E-state index is -0.0811. The highest BCUT2D eigenvalue weighted by Gasteiger charge is 2.40. The van der Waals surface area contributed by atoms with E-state index in [1.54, 1.807) is 4.68 Å². The first kappa shape index (κ1) is 12.1. The van der Waals surface area contributed by atoms with Crippen molar-refractivity contribution < 1.29 is 0 Å². The van der Waals surface area contributed by atoms with Crippen molar-refractivity contribution >= 4 is 5.95 Å². The molecule has 1 aliphatic heterocycles. The molecule has 6 heteroatoms. The highest BCUT2D eigenvalue weighted by molar-refractivity contribution is 5.44. The van der Waals surface area contributed by atoms with Crippen molar-refractivity contribution in [1.82, 2.24) is 20.2 Å². The first-order chi connectivity index (χ1) is 9.22. The van der Waals surface area contributed by atoms with E-state index in [0.29, 0.717) is 0 Å². The van der Waals surface area contributed by atoms with E-state index in [-0.39, 0.29) is 5.54 Å². The normalized spacial score (nSPS) is 17.3. The third-order valence-corrected chi connectivity index (χ3v) is 3.50. The summed E-state index contributed by atoms with van der Waals surface area (Å²) in [6.45, 7) is 3.79. The first-order valence-corrected chi connectivity index (χ1v) is 6.59. The molecule has 3 rings (SSSR count). The largest absolute Gasteiger partial charge is 0.336 e. The Labute approximate surface area is 112 Å². The molecule has 19 heavy (non-hydrogen) atoms. The van der Waals surface area contributed by atoms with E-state index in [2.05, 4.69) is 27.3 Å². The Morgan fingerprint density at radius 3 is 2.68 bits per heavy atom. The number of nitrogens with two attached hydrogens (primary N) is 1. The lowest BCUT2D eigenvalue weighted by atomic mass is 9.87. The van der Waals surface area contributed by atoms with E-state index < -0.39 is 0 Å². The van der Waals surface area contributed by atoms with Crippen LogP contribution in [0, 0.1) is 0 Å². The molecule has 0 aliphatic carbocycles. The van der Waals surface area contributed by atoms with Crippen molar-refractivity contribution in [3.05, 3.63) is 30.3 Å². The highest BCUT2D eigenvalue weighted by Crippen LogP contribution is 2.28. The van der Waals surface area contributed by atoms with Gasteiger partial charge < -0.3 is 10.6 Å². The van der Waals surface area contributed by atoms with Crippen LogP contribution >= 0.6 is 0 Å². The van der Waals surface area contributed by atoms with Crippen molar-refractivity contribution in [2.45, 2.75) is 25.3 Å². The van der Waals surface area contributed by atoms with E-state index in [4.69, 9.17) is 5.73 Å². The zero-order chi connectivity index (χ0) is 13.3. The summed E-state index contributed by atoms with van der Waals surface area (Å²) in [6.07, 6.45) is 2.14. The monoisotopic (exact) mass is 258 g/mol. The Kier molecular flexibility index (Phi) is 2.94. The van der Waals surface area contributed by atoms with E-state index >= 15 is 0 Å². The Hall–Kier alpha value is -1.95. The molecule has 0 amide bonds. The van der Waals surface area contributed by atoms with Crippen LogP contribution in [0.4, 0.5) is 5.95 Å². The number of tetrazole rings is 1. The van der Waals surface area contributed by atoms with Crippen LogP contribution in [0.1, 0.15) is 19.8 Å². The van der Waals surface area contributed by atoms with Crippen LogP contribution in [0.3, 0.4) is 0 Å². The van der Waals surface area contributed by atoms with Gasteiger partial charge in [-0.05, 0) is 29.0 Å². The van der Waals surface area contributed by atoms with Gasteiger partial charge in [0.1, 0.15) is 0 Å². The minimum absolute atomic E-state index is 0.0811. The van der Waals surface area contributed by atoms with Gasteiger partial charge in [-0.2, -0.15) is 4.68 Å². The number of aromatic nitrogens is 4. The summed E-state index contributed by atoms with van der Waals surface area (Å²) in [5.74, 6) is 0.767. The molecule has 2 heterocycles. The highest BCUT2D eigenvalue weighted by atomic mass is 15.6. The SMILES string of the molecule is CCCC1(N)CN(c2nnnn2-c2ccccc2)C1. The van der Waals surface area contributed by atoms with Gasteiger partial charge in [0.25, 0.3) is 0 Å². The number of nitrogens with zero attached hydrogens (tertiary/aromatic N) is 5. The number of rotatable bonds is 4. The molecule has 0 bridgehead atoms. The van der Waals surface area contributed by atoms with Crippen LogP contribution in [0.15, 0.2) is 30.3 Å². The Bertz CT molecular complexity index is 543. The van der Waals surface area contributed by atoms with E-state index in [9.17, 15) is 0 Å². The zero-order valence-corrected chi connectivity index (χ0v) is 11.0. The lowest BCUT2D eigenvalue weighted by molar-refractivity contribution is 0.302. The van der Waals surface area contributed by atoms with E-state index in [1.807, 2.05) is 30.3 Å². The summed E-state index contributed by atoms with van der Waals surface area (Å²) in [6, 6.07) is 9.90. The van der Waals surface area contributed by atoms with Gasteiger partial charge in [-0.25, -0.2) is 0 Å². The molecule has 0 spiro atoms. The second kappa shape index (κ2) is 4.62. The molecule has 1 aromatic carbocycles. The molecular formula is C13H18N6. The number of para-hydroxylation sites is 1. The summed E-state index contributed by atoms with van der Waals surface area (Å²) in [7, 11) is 0. The molecule has 0 unspecified atom stereocenters. The van der Waals surface area contributed by atoms with Crippen molar-refractivity contribution in [3.63, 3.8) is 0 Å². The molecule has 1 saturated heterocycles. The summed E-state index contributed by atoms with van der Waals surface area (Å²) >= 11 is 0. The molecule has 0 atom stereocenters. The third kappa shape index (κ3) is 2.19. The molecule has 1 fully saturated rings. The maximum absolute atomic E-state index is 6.28. The quantitative estimate of drug-likeness (QED) is 0.885. The van der Waals surface area contributed by atoms with Crippen LogP contribution in [-0.4, -0.2) is 38.8 Å². The summed E-state index contributed by atoms with van der Waals surface area (Å²) in [5, 5.41) is 11.9. The summed E-state index contributed by atoms with van der Waals surface area (Å²) in [5.41, 5.74) is 7.16. The van der Waals surface area contributed by atoms with Gasteiger partial charge in [0.05, 0.1) is 11.2 Å². The maximum atomic E-state index is 6.28. The number of anilines is 1. The second-order valence-corrected chi connectivity index (χ2v) is 5.19. The third-order valence-electron chi connectivity index (χ3n) is 3.50. The lowest BCUT2D eigenvalue weighted by Crippen LogP contribution is -2.68. The topological polar surface area (TPSA) is 72.9 Å². The molecule has 1 aliphatic rings. The van der Waals surface area contributed by atoms with Gasteiger partial charge in [0, 0.05) is 13.1 Å². The summed E-state index contributed by atoms with van der Waals surface area (Å²) in [4.78, 5) is 2.13. The summed E-state index contributed by atoms with van der Waals surface area (Å²) < 4.78 is 1.76. The van der Waals surface area contributed by atoms with Gasteiger partial charge in [0.2, 0.25) is 5.95 Å². The maximum Gasteiger partial charge on any atom is 0.250 e. The van der Waals surface area contributed by atoms with E-state index in [0.717, 1.165) is 37.6 Å². The molecular weight excluding hydrogens is 240 g/mol. The predicted molar refractivity (Wildman–Crippen MR) is 73.2 cm³/mol. The molecule has 2 N–H and O–H groups in total. The Balaban J connectivity index is 1.80. The van der Waals surface area contributed by atoms with Crippen LogP contribution < -0.4 is 10.6 Å². The standard InChI is InChI=1S/C13H18N6/c1-2-8-13(14)9-18(10-13)12-15-16-17-19(12)11-6-4-3-5-7-11/h3-7H,2,8-10,14H2,1H3. The van der Waals surface area contributed by atoms with Gasteiger partial charge >= 0.3 is 0 Å². The Morgan fingerprint density at radius 2 is 2.00 bits per heavy atom. The van der Waals surface area contributed by atoms with Crippen molar-refractivity contribution in [1.29, 1.82) is 0 Å². The van der Waals surface area contributed by atoms with Gasteiger partial charge in [-0.15, -0.1) is 0 Å². The van der Waals surface area contributed by atoms with Gasteiger partial charge in [-0.3, -0.25) is 0 Å². The zero-order valence-electron chi connectivity index (χ0n) is 11.0. The average molecular weight is 258 g/mol. The average Bonchev–Trinajstić information content (AvgIpc) is 2.86. The fourth-order valence-corrected chi connectivity index (χ4v) is 2.63. The molecule has 0 radical (unpaired) electrons. The minimum Gasteiger partial charge on any atom is -0.336 e. The van der Waals surface area contributed by atoms with Crippen LogP contribution in [0.25, 0.3) is 5.69 Å². The Morgan fingerprint density at radius 1 is 1.26 bits per heavy atom. The number of benzene rings is 1. The first-order valence-electron chi connectivity index (χ1n) is 6.59. The number of hydrogen-bond donors (Lipinski definition) is 1. The van der Waals surface area contributed by atoms with E-state index in [1.165, 1.54) is 0 Å². The van der Waals surface area contributed by atoms with Crippen LogP contribution in [0.5, 0.6) is 0 Å². The number of hydrogen-bond acceptors (Lipinski definition) is 5. The molecule has 6 nitrogen and oxygen atoms in total. The van der Waals surface area contributed by atoms with Crippen LogP contribution in [-0.2, 0) is 0 Å². The molecule has 0 saturated carbocycles. The lowest BCUT2D eigenvalue weighted by Gasteiger charge is -2.47. The van der Waals surface area contributed by atoms with Crippen molar-refractivity contribution in [3.8, 4) is 5.69 Å². The van der Waals surface area contributed by atoms with Gasteiger partial charge in [0.15, 0.2) is 0 Å². The fourth-order valence-electron chi connectivity index (χ4n) is 2.63. The predicted octanol–water partition coefficient (Wildman–Crippen LogP) is 0.980.